The van der Waals surface area contributed by atoms with Crippen LogP contribution in [0.2, 0.25) is 0 Å². The predicted octanol–water partition coefficient (Wildman–Crippen LogP) is 2.13. The van der Waals surface area contributed by atoms with Crippen LogP contribution >= 0.6 is 0 Å². The van der Waals surface area contributed by atoms with Crippen LogP contribution in [0.1, 0.15) is 16.8 Å². The highest BCUT2D eigenvalue weighted by molar-refractivity contribution is 5.43. The summed E-state index contributed by atoms with van der Waals surface area (Å²) in [6, 6.07) is 9.96. The standard InChI is InChI=1S/C13H12N2/c1-11-13(10-15(2)14-11)9-8-12-6-4-3-5-7-12/h3-7,10H,1-2H3. The highest BCUT2D eigenvalue weighted by Gasteiger charge is 1.97. The van der Waals surface area contributed by atoms with Crippen LogP contribution in [0, 0.1) is 18.8 Å². The Morgan fingerprint density at radius 3 is 2.47 bits per heavy atom. The van der Waals surface area contributed by atoms with Gasteiger partial charge in [0, 0.05) is 18.8 Å². The van der Waals surface area contributed by atoms with E-state index in [1.54, 1.807) is 4.68 Å². The van der Waals surface area contributed by atoms with Crippen molar-refractivity contribution < 1.29 is 0 Å². The molecule has 1 aromatic carbocycles. The first-order chi connectivity index (χ1) is 7.25. The Hall–Kier alpha value is -2.01. The SMILES string of the molecule is Cc1nn(C)cc1C#Cc1ccccc1. The summed E-state index contributed by atoms with van der Waals surface area (Å²) in [6.07, 6.45) is 1.94. The molecule has 2 nitrogen and oxygen atoms in total. The van der Waals surface area contributed by atoms with Crippen molar-refractivity contribution in [2.75, 3.05) is 0 Å². The van der Waals surface area contributed by atoms with Crippen molar-refractivity contribution in [3.05, 3.63) is 53.3 Å². The van der Waals surface area contributed by atoms with E-state index in [4.69, 9.17) is 0 Å². The van der Waals surface area contributed by atoms with Crippen molar-refractivity contribution in [2.45, 2.75) is 6.92 Å². The van der Waals surface area contributed by atoms with Gasteiger partial charge < -0.3 is 0 Å². The van der Waals surface area contributed by atoms with Crippen molar-refractivity contribution in [1.29, 1.82) is 0 Å². The lowest BCUT2D eigenvalue weighted by Gasteiger charge is -1.86. The van der Waals surface area contributed by atoms with Crippen molar-refractivity contribution in [3.63, 3.8) is 0 Å². The Labute approximate surface area is 89.6 Å². The van der Waals surface area contributed by atoms with Crippen LogP contribution in [0.15, 0.2) is 36.5 Å². The zero-order valence-electron chi connectivity index (χ0n) is 8.86. The lowest BCUT2D eigenvalue weighted by atomic mass is 10.2. The molecule has 2 aromatic rings. The van der Waals surface area contributed by atoms with E-state index in [-0.39, 0.29) is 0 Å². The average Bonchev–Trinajstić information content (AvgIpc) is 2.56. The molecular formula is C13H12N2. The molecule has 2 heteroatoms. The molecule has 0 unspecified atom stereocenters. The first-order valence-electron chi connectivity index (χ1n) is 4.83. The fourth-order valence-corrected chi connectivity index (χ4v) is 1.38. The maximum Gasteiger partial charge on any atom is 0.0750 e. The largest absolute Gasteiger partial charge is 0.274 e. The second kappa shape index (κ2) is 4.02. The van der Waals surface area contributed by atoms with Crippen LogP contribution in [-0.2, 0) is 7.05 Å². The van der Waals surface area contributed by atoms with Crippen LogP contribution in [0.3, 0.4) is 0 Å². The normalized spacial score (nSPS) is 9.47. The second-order valence-corrected chi connectivity index (χ2v) is 3.42. The number of rotatable bonds is 0. The summed E-state index contributed by atoms with van der Waals surface area (Å²) in [5.41, 5.74) is 2.99. The van der Waals surface area contributed by atoms with Gasteiger partial charge in [-0.3, -0.25) is 4.68 Å². The lowest BCUT2D eigenvalue weighted by molar-refractivity contribution is 0.756. The van der Waals surface area contributed by atoms with E-state index < -0.39 is 0 Å². The van der Waals surface area contributed by atoms with E-state index in [1.165, 1.54) is 0 Å². The van der Waals surface area contributed by atoms with Gasteiger partial charge in [-0.25, -0.2) is 0 Å². The molecule has 0 aliphatic carbocycles. The molecule has 0 fully saturated rings. The summed E-state index contributed by atoms with van der Waals surface area (Å²) >= 11 is 0. The summed E-state index contributed by atoms with van der Waals surface area (Å²) in [4.78, 5) is 0. The van der Waals surface area contributed by atoms with Gasteiger partial charge in [-0.2, -0.15) is 5.10 Å². The van der Waals surface area contributed by atoms with Gasteiger partial charge in [0.05, 0.1) is 11.3 Å². The van der Waals surface area contributed by atoms with Crippen molar-refractivity contribution >= 4 is 0 Å². The van der Waals surface area contributed by atoms with E-state index in [2.05, 4.69) is 16.9 Å². The van der Waals surface area contributed by atoms with Crippen LogP contribution < -0.4 is 0 Å². The first-order valence-corrected chi connectivity index (χ1v) is 4.83. The molecule has 0 aliphatic heterocycles. The fourth-order valence-electron chi connectivity index (χ4n) is 1.38. The molecule has 0 amide bonds. The van der Waals surface area contributed by atoms with Gasteiger partial charge in [0.2, 0.25) is 0 Å². The van der Waals surface area contributed by atoms with Crippen LogP contribution in [-0.4, -0.2) is 9.78 Å². The molecule has 1 heterocycles. The Kier molecular flexibility index (Phi) is 2.55. The molecule has 74 valence electrons. The molecule has 0 spiro atoms. The number of aromatic nitrogens is 2. The third-order valence-corrected chi connectivity index (χ3v) is 2.13. The third kappa shape index (κ3) is 2.26. The highest BCUT2D eigenvalue weighted by Crippen LogP contribution is 2.03. The second-order valence-electron chi connectivity index (χ2n) is 3.42. The number of aryl methyl sites for hydroxylation is 2. The summed E-state index contributed by atoms with van der Waals surface area (Å²) in [5.74, 6) is 6.23. The molecule has 15 heavy (non-hydrogen) atoms. The smallest absolute Gasteiger partial charge is 0.0750 e. The van der Waals surface area contributed by atoms with E-state index in [9.17, 15) is 0 Å². The van der Waals surface area contributed by atoms with E-state index in [0.29, 0.717) is 0 Å². The maximum absolute atomic E-state index is 4.24. The number of nitrogens with zero attached hydrogens (tertiary/aromatic N) is 2. The zero-order valence-corrected chi connectivity index (χ0v) is 8.86. The van der Waals surface area contributed by atoms with Crippen LogP contribution in [0.4, 0.5) is 0 Å². The Morgan fingerprint density at radius 2 is 1.87 bits per heavy atom. The monoisotopic (exact) mass is 196 g/mol. The quantitative estimate of drug-likeness (QED) is 0.590. The summed E-state index contributed by atoms with van der Waals surface area (Å²) in [7, 11) is 1.90. The van der Waals surface area contributed by atoms with Gasteiger partial charge in [0.25, 0.3) is 0 Å². The first kappa shape index (κ1) is 9.54. The summed E-state index contributed by atoms with van der Waals surface area (Å²) in [6.45, 7) is 1.97. The molecule has 0 atom stereocenters. The van der Waals surface area contributed by atoms with Gasteiger partial charge in [0.1, 0.15) is 0 Å². The van der Waals surface area contributed by atoms with Crippen molar-refractivity contribution in [1.82, 2.24) is 9.78 Å². The Morgan fingerprint density at radius 1 is 1.13 bits per heavy atom. The van der Waals surface area contributed by atoms with Gasteiger partial charge in [-0.1, -0.05) is 30.0 Å². The minimum atomic E-state index is 0.973. The van der Waals surface area contributed by atoms with E-state index in [1.807, 2.05) is 50.5 Å². The maximum atomic E-state index is 4.24. The molecule has 0 aliphatic rings. The van der Waals surface area contributed by atoms with Gasteiger partial charge in [-0.15, -0.1) is 0 Å². The Bertz CT molecular complexity index is 512. The minimum absolute atomic E-state index is 0.973. The molecule has 1 aromatic heterocycles. The van der Waals surface area contributed by atoms with Crippen molar-refractivity contribution in [3.8, 4) is 11.8 Å². The van der Waals surface area contributed by atoms with Gasteiger partial charge >= 0.3 is 0 Å². The topological polar surface area (TPSA) is 17.8 Å². The number of benzene rings is 1. The molecule has 0 radical (unpaired) electrons. The number of hydrogen-bond acceptors (Lipinski definition) is 1. The van der Waals surface area contributed by atoms with Crippen molar-refractivity contribution in [2.24, 2.45) is 7.05 Å². The fraction of sp³-hybridized carbons (Fsp3) is 0.154. The Balaban J connectivity index is 2.30. The minimum Gasteiger partial charge on any atom is -0.274 e. The molecule has 0 saturated heterocycles. The predicted molar refractivity (Wildman–Crippen MR) is 60.4 cm³/mol. The van der Waals surface area contributed by atoms with Crippen LogP contribution in [0.25, 0.3) is 0 Å². The zero-order chi connectivity index (χ0) is 10.7. The van der Waals surface area contributed by atoms with Gasteiger partial charge in [-0.05, 0) is 19.1 Å². The summed E-state index contributed by atoms with van der Waals surface area (Å²) < 4.78 is 1.78. The highest BCUT2D eigenvalue weighted by atomic mass is 15.2. The van der Waals surface area contributed by atoms with E-state index in [0.717, 1.165) is 16.8 Å². The molecule has 0 saturated carbocycles. The average molecular weight is 196 g/mol. The van der Waals surface area contributed by atoms with Gasteiger partial charge in [0.15, 0.2) is 0 Å². The molecule has 2 rings (SSSR count). The molecular weight excluding hydrogens is 184 g/mol. The number of hydrogen-bond donors (Lipinski definition) is 0. The molecule has 0 bridgehead atoms. The van der Waals surface area contributed by atoms with E-state index >= 15 is 0 Å². The van der Waals surface area contributed by atoms with Crippen LogP contribution in [0.5, 0.6) is 0 Å². The summed E-state index contributed by atoms with van der Waals surface area (Å²) in [5, 5.41) is 4.24. The molecule has 0 N–H and O–H groups in total. The third-order valence-electron chi connectivity index (χ3n) is 2.13. The lowest BCUT2D eigenvalue weighted by Crippen LogP contribution is -1.86.